The molecule has 0 amide bonds. The van der Waals surface area contributed by atoms with Crippen LogP contribution in [-0.2, 0) is 6.54 Å². The molecule has 2 aromatic rings. The zero-order valence-electron chi connectivity index (χ0n) is 10.7. The van der Waals surface area contributed by atoms with Crippen molar-refractivity contribution in [3.63, 3.8) is 0 Å². The number of nitrogens with one attached hydrogen (secondary N) is 1. The molecule has 2 rings (SSSR count). The van der Waals surface area contributed by atoms with E-state index < -0.39 is 0 Å². The molecule has 1 aromatic carbocycles. The number of anilines is 1. The number of nitrogens with zero attached hydrogens (tertiary/aromatic N) is 2. The Morgan fingerprint density at radius 2 is 2.11 bits per heavy atom. The fourth-order valence-electron chi connectivity index (χ4n) is 1.79. The number of benzene rings is 1. The van der Waals surface area contributed by atoms with E-state index in [2.05, 4.69) is 46.5 Å². The van der Waals surface area contributed by atoms with Crippen molar-refractivity contribution in [1.29, 1.82) is 0 Å². The van der Waals surface area contributed by atoms with E-state index in [0.717, 1.165) is 26.1 Å². The minimum Gasteiger partial charge on any atom is -0.375 e. The van der Waals surface area contributed by atoms with Gasteiger partial charge in [0.15, 0.2) is 0 Å². The van der Waals surface area contributed by atoms with Crippen LogP contribution in [0.1, 0.15) is 11.3 Å². The number of rotatable bonds is 7. The first-order valence-electron chi connectivity index (χ1n) is 6.20. The summed E-state index contributed by atoms with van der Waals surface area (Å²) < 4.78 is 0. The van der Waals surface area contributed by atoms with Crippen LogP contribution < -0.4 is 10.2 Å². The van der Waals surface area contributed by atoms with E-state index in [-0.39, 0.29) is 0 Å². The van der Waals surface area contributed by atoms with Gasteiger partial charge in [0.25, 0.3) is 0 Å². The second-order valence-electron chi connectivity index (χ2n) is 4.26. The molecule has 1 aromatic heterocycles. The Hall–Kier alpha value is -1.39. The predicted octanol–water partition coefficient (Wildman–Crippen LogP) is 2.76. The maximum Gasteiger partial charge on any atom is 0.0794 e. The smallest absolute Gasteiger partial charge is 0.0794 e. The van der Waals surface area contributed by atoms with Crippen LogP contribution in [0.5, 0.6) is 0 Å². The van der Waals surface area contributed by atoms with Gasteiger partial charge in [0.2, 0.25) is 0 Å². The van der Waals surface area contributed by atoms with Crippen molar-refractivity contribution in [2.75, 3.05) is 25.0 Å². The summed E-state index contributed by atoms with van der Waals surface area (Å²) in [5.41, 5.74) is 3.15. The Morgan fingerprint density at radius 3 is 2.83 bits per heavy atom. The molecule has 0 aliphatic carbocycles. The van der Waals surface area contributed by atoms with Crippen LogP contribution in [0.2, 0.25) is 0 Å². The van der Waals surface area contributed by atoms with Gasteiger partial charge in [-0.3, -0.25) is 4.98 Å². The highest BCUT2D eigenvalue weighted by Crippen LogP contribution is 2.10. The third-order valence-corrected chi connectivity index (χ3v) is 3.61. The van der Waals surface area contributed by atoms with E-state index in [0.29, 0.717) is 0 Å². The molecule has 0 radical (unpaired) electrons. The summed E-state index contributed by atoms with van der Waals surface area (Å²) in [5.74, 6) is 0. The lowest BCUT2D eigenvalue weighted by Gasteiger charge is -2.19. The quantitative estimate of drug-likeness (QED) is 0.777. The van der Waals surface area contributed by atoms with Crippen LogP contribution in [-0.4, -0.2) is 25.1 Å². The fraction of sp³-hybridized carbons (Fsp3) is 0.357. The molecule has 0 saturated carbocycles. The monoisotopic (exact) mass is 261 g/mol. The molecule has 4 heteroatoms. The van der Waals surface area contributed by atoms with Gasteiger partial charge in [-0.15, -0.1) is 11.3 Å². The summed E-state index contributed by atoms with van der Waals surface area (Å²) in [6.45, 7) is 3.04. The highest BCUT2D eigenvalue weighted by Gasteiger charge is 1.99. The molecule has 3 nitrogen and oxygen atoms in total. The summed E-state index contributed by atoms with van der Waals surface area (Å²) in [4.78, 5) is 7.64. The Kier molecular flexibility index (Phi) is 5.17. The van der Waals surface area contributed by atoms with Crippen LogP contribution in [0.25, 0.3) is 0 Å². The van der Waals surface area contributed by atoms with Crippen molar-refractivity contribution in [3.8, 4) is 0 Å². The number of thiazole rings is 1. The van der Waals surface area contributed by atoms with Crippen molar-refractivity contribution in [2.24, 2.45) is 0 Å². The number of aromatic nitrogens is 1. The summed E-state index contributed by atoms with van der Waals surface area (Å²) in [7, 11) is 2.14. The molecule has 0 saturated heterocycles. The number of hydrogen-bond donors (Lipinski definition) is 1. The second kappa shape index (κ2) is 7.13. The van der Waals surface area contributed by atoms with Crippen molar-refractivity contribution in [2.45, 2.75) is 13.0 Å². The molecule has 0 atom stereocenters. The zero-order valence-corrected chi connectivity index (χ0v) is 11.5. The third kappa shape index (κ3) is 4.13. The van der Waals surface area contributed by atoms with E-state index >= 15 is 0 Å². The molecule has 0 fully saturated rings. The molecule has 18 heavy (non-hydrogen) atoms. The molecular weight excluding hydrogens is 242 g/mol. The van der Waals surface area contributed by atoms with Gasteiger partial charge in [-0.2, -0.15) is 0 Å². The second-order valence-corrected chi connectivity index (χ2v) is 5.23. The topological polar surface area (TPSA) is 28.2 Å². The Labute approximate surface area is 112 Å². The molecule has 0 unspecified atom stereocenters. The first-order valence-corrected chi connectivity index (χ1v) is 7.08. The third-order valence-electron chi connectivity index (χ3n) is 2.83. The SMILES string of the molecule is CN(CCCNCc1cncs1)c1ccccc1. The van der Waals surface area contributed by atoms with E-state index in [9.17, 15) is 0 Å². The molecule has 0 bridgehead atoms. The average molecular weight is 261 g/mol. The molecule has 0 aliphatic heterocycles. The largest absolute Gasteiger partial charge is 0.375 e. The Bertz CT molecular complexity index is 428. The van der Waals surface area contributed by atoms with E-state index in [1.807, 2.05) is 17.8 Å². The maximum absolute atomic E-state index is 4.06. The highest BCUT2D eigenvalue weighted by molar-refractivity contribution is 7.09. The van der Waals surface area contributed by atoms with Gasteiger partial charge in [-0.25, -0.2) is 0 Å². The number of para-hydroxylation sites is 1. The summed E-state index contributed by atoms with van der Waals surface area (Å²) >= 11 is 1.70. The van der Waals surface area contributed by atoms with Crippen molar-refractivity contribution in [3.05, 3.63) is 46.9 Å². The minimum atomic E-state index is 0.930. The van der Waals surface area contributed by atoms with Crippen molar-refractivity contribution < 1.29 is 0 Å². The summed E-state index contributed by atoms with van der Waals surface area (Å²) in [6, 6.07) is 10.5. The Balaban J connectivity index is 1.61. The lowest BCUT2D eigenvalue weighted by Crippen LogP contribution is -2.23. The van der Waals surface area contributed by atoms with Gasteiger partial charge in [-0.1, -0.05) is 18.2 Å². The number of hydrogen-bond acceptors (Lipinski definition) is 4. The lowest BCUT2D eigenvalue weighted by atomic mass is 10.3. The standard InChI is InChI=1S/C14H19N3S/c1-17(13-6-3-2-4-7-13)9-5-8-15-10-14-11-16-12-18-14/h2-4,6-7,11-12,15H,5,8-10H2,1H3. The van der Waals surface area contributed by atoms with Gasteiger partial charge in [0, 0.05) is 36.9 Å². The molecule has 0 spiro atoms. The van der Waals surface area contributed by atoms with Gasteiger partial charge in [-0.05, 0) is 25.1 Å². The van der Waals surface area contributed by atoms with Crippen LogP contribution in [0.15, 0.2) is 42.0 Å². The molecular formula is C14H19N3S. The summed E-state index contributed by atoms with van der Waals surface area (Å²) in [5, 5.41) is 3.44. The molecule has 96 valence electrons. The first kappa shape index (κ1) is 13.1. The maximum atomic E-state index is 4.06. The minimum absolute atomic E-state index is 0.930. The van der Waals surface area contributed by atoms with Crippen LogP contribution >= 0.6 is 11.3 Å². The predicted molar refractivity (Wildman–Crippen MR) is 78.1 cm³/mol. The molecule has 1 heterocycles. The molecule has 1 N–H and O–H groups in total. The average Bonchev–Trinajstić information content (AvgIpc) is 2.92. The van der Waals surface area contributed by atoms with Crippen LogP contribution in [0.3, 0.4) is 0 Å². The summed E-state index contributed by atoms with van der Waals surface area (Å²) in [6.07, 6.45) is 3.07. The van der Waals surface area contributed by atoms with Crippen molar-refractivity contribution >= 4 is 17.0 Å². The normalized spacial score (nSPS) is 10.5. The lowest BCUT2D eigenvalue weighted by molar-refractivity contribution is 0.650. The highest BCUT2D eigenvalue weighted by atomic mass is 32.1. The zero-order chi connectivity index (χ0) is 12.6. The first-order chi connectivity index (χ1) is 8.86. The van der Waals surface area contributed by atoms with Crippen LogP contribution in [0, 0.1) is 0 Å². The molecule has 0 aliphatic rings. The van der Waals surface area contributed by atoms with Gasteiger partial charge in [0.05, 0.1) is 5.51 Å². The van der Waals surface area contributed by atoms with Crippen LogP contribution in [0.4, 0.5) is 5.69 Å². The van der Waals surface area contributed by atoms with Gasteiger partial charge < -0.3 is 10.2 Å². The van der Waals surface area contributed by atoms with Crippen molar-refractivity contribution in [1.82, 2.24) is 10.3 Å². The Morgan fingerprint density at radius 1 is 1.28 bits per heavy atom. The fourth-order valence-corrected chi connectivity index (χ4v) is 2.36. The van der Waals surface area contributed by atoms with E-state index in [1.54, 1.807) is 11.3 Å². The van der Waals surface area contributed by atoms with E-state index in [4.69, 9.17) is 0 Å². The van der Waals surface area contributed by atoms with E-state index in [1.165, 1.54) is 10.6 Å². The van der Waals surface area contributed by atoms with Gasteiger partial charge >= 0.3 is 0 Å². The van der Waals surface area contributed by atoms with Gasteiger partial charge in [0.1, 0.15) is 0 Å².